The molecule has 0 amide bonds. The van der Waals surface area contributed by atoms with E-state index in [1.54, 1.807) is 10.7 Å². The molecule has 2 bridgehead atoms. The number of hydrogen-bond donors (Lipinski definition) is 1. The number of aromatic nitrogens is 4. The summed E-state index contributed by atoms with van der Waals surface area (Å²) >= 11 is 0. The third kappa shape index (κ3) is 6.92. The first-order valence-electron chi connectivity index (χ1n) is 45.2. The van der Waals surface area contributed by atoms with Crippen molar-refractivity contribution in [1.82, 2.24) is 23.1 Å². The molecule has 0 saturated carbocycles. The van der Waals surface area contributed by atoms with E-state index in [-0.39, 0.29) is 33.9 Å². The average molecular weight is 1640 g/mol. The van der Waals surface area contributed by atoms with Gasteiger partial charge in [0.15, 0.2) is 0 Å². The number of ether oxygens (including phenoxy) is 8. The summed E-state index contributed by atoms with van der Waals surface area (Å²) < 4.78 is 61.4. The van der Waals surface area contributed by atoms with Crippen LogP contribution in [0.15, 0.2) is 267 Å². The third-order valence-corrected chi connectivity index (χ3v) is 52.8. The molecular formula is C99H58B12N5O8P2-2. The van der Waals surface area contributed by atoms with Gasteiger partial charge in [-0.15, -0.1) is 0 Å². The molecule has 39 rings (SSSR count). The number of nitrogens with one attached hydrogen (secondary N) is 1. The molecule has 0 atom stereocenters. The molecule has 126 heavy (non-hydrogen) atoms. The van der Waals surface area contributed by atoms with Gasteiger partial charge in [0.05, 0.1) is 33.1 Å². The molecule has 1 radical (unpaired) electrons. The number of hydrogen-bond acceptors (Lipinski definition) is 9. The van der Waals surface area contributed by atoms with E-state index in [1.165, 1.54) is 177 Å². The van der Waals surface area contributed by atoms with Crippen LogP contribution in [0.4, 0.5) is 0 Å². The van der Waals surface area contributed by atoms with E-state index in [9.17, 15) is 0 Å². The van der Waals surface area contributed by atoms with Crippen LogP contribution in [0.1, 0.15) is 16.7 Å². The van der Waals surface area contributed by atoms with Crippen LogP contribution in [0.3, 0.4) is 0 Å². The summed E-state index contributed by atoms with van der Waals surface area (Å²) in [6, 6.07) is 95.7. The van der Waals surface area contributed by atoms with Crippen LogP contribution in [-0.2, 0) is 0 Å². The van der Waals surface area contributed by atoms with Gasteiger partial charge in [0.25, 0.3) is 20.1 Å². The normalized spacial score (nSPS) is 18.2. The van der Waals surface area contributed by atoms with Gasteiger partial charge in [0.2, 0.25) is 0 Å². The average Bonchev–Trinajstić information content (AvgIpc) is 1.33. The number of benzene rings is 16. The first-order chi connectivity index (χ1) is 62.1. The zero-order valence-corrected chi connectivity index (χ0v) is 70.4. The predicted molar refractivity (Wildman–Crippen MR) is 531 cm³/mol. The maximum absolute atomic E-state index is 6.64. The fraction of sp³-hybridized carbons (Fsp3) is 0.0303. The second-order valence-corrected chi connectivity index (χ2v) is 51.8. The fourth-order valence-electron chi connectivity index (χ4n) is 29.6. The van der Waals surface area contributed by atoms with Crippen molar-refractivity contribution in [2.24, 2.45) is 0 Å². The van der Waals surface area contributed by atoms with Crippen molar-refractivity contribution in [1.29, 1.82) is 0 Å². The molecule has 13 nitrogen and oxygen atoms in total. The summed E-state index contributed by atoms with van der Waals surface area (Å²) in [5.74, 6) is 15.0. The number of nitrogens with zero attached hydrogens (tertiary/aromatic N) is 4. The Morgan fingerprint density at radius 1 is 0.286 bits per heavy atom. The Bertz CT molecular complexity index is 8900. The van der Waals surface area contributed by atoms with Crippen LogP contribution in [0.2, 0.25) is 0 Å². The first kappa shape index (κ1) is 65.4. The Morgan fingerprint density at radius 2 is 0.651 bits per heavy atom. The molecule has 23 heterocycles. The molecule has 1 N–H and O–H groups in total. The topological polar surface area (TPSA) is 106 Å². The zero-order chi connectivity index (χ0) is 81.0. The number of para-hydroxylation sites is 1. The van der Waals surface area contributed by atoms with Gasteiger partial charge in [-0.3, -0.25) is 0 Å². The van der Waals surface area contributed by atoms with Gasteiger partial charge in [0.1, 0.15) is 69.0 Å². The van der Waals surface area contributed by atoms with Crippen molar-refractivity contribution in [3.05, 3.63) is 284 Å². The summed E-state index contributed by atoms with van der Waals surface area (Å²) in [7, 11) is 0.285. The zero-order valence-electron chi connectivity index (χ0n) is 68.6. The van der Waals surface area contributed by atoms with E-state index in [4.69, 9.17) is 42.8 Å². The molecule has 0 aliphatic carbocycles. The van der Waals surface area contributed by atoms with Crippen LogP contribution in [0.5, 0.6) is 92.0 Å². The van der Waals surface area contributed by atoms with Crippen LogP contribution in [-0.4, -0.2) is 97.0 Å². The first-order valence-corrected chi connectivity index (χ1v) is 50.5. The molecule has 7 fully saturated rings. The van der Waals surface area contributed by atoms with E-state index in [1.807, 2.05) is 18.2 Å². The molecule has 4 aromatic heterocycles. The van der Waals surface area contributed by atoms with Gasteiger partial charge in [-0.1, -0.05) is 78.4 Å². The van der Waals surface area contributed by atoms with Crippen molar-refractivity contribution in [3.63, 3.8) is 0 Å². The molecule has 27 heteroatoms. The summed E-state index contributed by atoms with van der Waals surface area (Å²) in [5.41, 5.74) is 33.8. The molecule has 1 spiro atoms. The summed E-state index contributed by atoms with van der Waals surface area (Å²) in [5, 5.41) is 12.6. The van der Waals surface area contributed by atoms with E-state index in [0.717, 1.165) is 133 Å². The molecular weight excluding hydrogens is 1580 g/mol. The summed E-state index contributed by atoms with van der Waals surface area (Å²) in [4.78, 5) is 4.85. The number of rotatable bonds is 3. The maximum atomic E-state index is 6.64. The Labute approximate surface area is 724 Å². The molecule has 19 aliphatic heterocycles. The van der Waals surface area contributed by atoms with Crippen molar-refractivity contribution in [3.8, 4) is 115 Å². The van der Waals surface area contributed by atoms with Crippen molar-refractivity contribution in [2.45, 2.75) is 20.8 Å². The molecule has 575 valence electrons. The minimum absolute atomic E-state index is 0.143. The predicted octanol–water partition coefficient (Wildman–Crippen LogP) is 12.5. The van der Waals surface area contributed by atoms with E-state index < -0.39 is 12.7 Å². The van der Waals surface area contributed by atoms with E-state index in [0.29, 0.717) is 6.89 Å². The Morgan fingerprint density at radius 3 is 1.12 bits per heavy atom. The molecule has 20 aromatic rings. The Kier molecular flexibility index (Phi) is 10.7. The molecule has 0 unspecified atom stereocenters. The Hall–Kier alpha value is -13.3. The molecule has 19 aliphatic rings. The van der Waals surface area contributed by atoms with Gasteiger partial charge in [-0.25, -0.2) is 0 Å². The second kappa shape index (κ2) is 20.6. The van der Waals surface area contributed by atoms with Crippen LogP contribution in [0.25, 0.3) is 110 Å². The van der Waals surface area contributed by atoms with Crippen LogP contribution >= 0.6 is 12.7 Å². The minimum atomic E-state index is -1.90. The van der Waals surface area contributed by atoms with E-state index >= 15 is 0 Å². The van der Waals surface area contributed by atoms with Crippen molar-refractivity contribution < 1.29 is 37.9 Å². The van der Waals surface area contributed by atoms with Crippen molar-refractivity contribution in [2.75, 3.05) is 0 Å². The van der Waals surface area contributed by atoms with Gasteiger partial charge in [-0.2, -0.15) is 0 Å². The number of fused-ring (bicyclic) bond motifs is 17. The molecule has 7 saturated heterocycles. The summed E-state index contributed by atoms with van der Waals surface area (Å²) in [6.45, 7) is 10.3. The summed E-state index contributed by atoms with van der Waals surface area (Å²) in [6.07, 6.45) is 2.45. The van der Waals surface area contributed by atoms with Crippen LogP contribution < -0.4 is 114 Å². The van der Waals surface area contributed by atoms with Gasteiger partial charge in [-0.05, 0) is 192 Å². The monoisotopic (exact) mass is 1640 g/mol. The van der Waals surface area contributed by atoms with Crippen molar-refractivity contribution >= 4 is 250 Å². The quantitative estimate of drug-likeness (QED) is 0.137. The standard InChI is InChI=1S/3C25H14BNO2.C24H16B9N2O2P2/c1-13-8-10-16-15(12-13)14-9-11-21-24-25(14)27(16)17-4-2-5-18-22(17)26(24)23-19(28-18)6-3-7-20(23)29-21;1-13-8-9-14-15-10-11-21-24-25(15)27(17(14)12-13)16-4-2-5-18-22(16)26(24)23-19(28-18)6-3-7-20(23)29-21;1-13-12-20-24-25-21(13)14-6-2-3-7-15(14)27(25)16-8-4-9-17-22(16)26(24)23-18(28-17)10-5-11-19(23)29-20;1-5-14-21-15(6-1)36-16-7-3-8-17-22(16)28(21)23-18(37-17)11-10-12-20-13(35(14)24(12)23)4-2-9-19(20)38(29-25-30(38)33(29)38)34-39-26-31(39)32(39)27-39/h3*2-12H,1H3;1-11,34H,25-26H2/q;;;-2. The van der Waals surface area contributed by atoms with Gasteiger partial charge in [0, 0.05) is 65.8 Å². The fourth-order valence-corrected chi connectivity index (χ4v) is 54.8. The second-order valence-electron chi connectivity index (χ2n) is 39.7. The number of aryl methyl sites for hydroxylation is 3. The van der Waals surface area contributed by atoms with Gasteiger partial charge >= 0.3 is 229 Å². The Balaban J connectivity index is 0.0000000760. The van der Waals surface area contributed by atoms with Crippen LogP contribution in [0, 0.1) is 20.8 Å². The molecule has 16 aromatic carbocycles. The van der Waals surface area contributed by atoms with E-state index in [2.05, 4.69) is 295 Å². The third-order valence-electron chi connectivity index (χ3n) is 34.9. The van der Waals surface area contributed by atoms with Gasteiger partial charge < -0.3 is 42.1 Å². The SMILES string of the molecule is Cc1cc2c3c4c1c1ccccc1n4-c1cccc4c1B3c1c(cccc1O2)O4.Cc1ccc2c(c1)c1ccc3c4c1n2-c1cccc2c1B4c1c(cccc1O3)O2.Cc1ccc2c3ccc4c5c3n(c2c1)-c1cccc2c1B5c1c(cccc1O4)O2.[B]1B2B3[BH2-]P123NP12(c3cccc4c3c3ccc5c6c3n4-c3cccc4c3B6c3c(cccc3O5)O4)B3[BH2-]B1B32.